The zero-order valence-corrected chi connectivity index (χ0v) is 10.9. The third-order valence-corrected chi connectivity index (χ3v) is 3.00. The van der Waals surface area contributed by atoms with Gasteiger partial charge in [-0.3, -0.25) is 9.48 Å². The molecule has 1 aromatic rings. The number of carboxylic acid groups (broad SMARTS) is 1. The van der Waals surface area contributed by atoms with Crippen molar-refractivity contribution in [1.29, 1.82) is 0 Å². The fourth-order valence-electron chi connectivity index (χ4n) is 1.98. The summed E-state index contributed by atoms with van der Waals surface area (Å²) in [7, 11) is 0. The molecular weight excluding hydrogens is 266 g/mol. The fraction of sp³-hybridized carbons (Fsp3) is 0.636. The van der Waals surface area contributed by atoms with Crippen LogP contribution in [0.5, 0.6) is 0 Å². The van der Waals surface area contributed by atoms with Crippen LogP contribution < -0.4 is 11.1 Å². The van der Waals surface area contributed by atoms with Gasteiger partial charge < -0.3 is 20.9 Å². The first-order chi connectivity index (χ1) is 9.60. The van der Waals surface area contributed by atoms with Crippen LogP contribution >= 0.6 is 0 Å². The summed E-state index contributed by atoms with van der Waals surface area (Å²) in [4.78, 5) is 22.5. The van der Waals surface area contributed by atoms with Crippen LogP contribution in [0.25, 0.3) is 0 Å². The zero-order chi connectivity index (χ0) is 14.5. The highest BCUT2D eigenvalue weighted by atomic mass is 16.5. The molecule has 2 atom stereocenters. The van der Waals surface area contributed by atoms with Crippen molar-refractivity contribution in [2.24, 2.45) is 5.73 Å². The van der Waals surface area contributed by atoms with Gasteiger partial charge in [0.15, 0.2) is 11.8 Å². The van der Waals surface area contributed by atoms with E-state index in [1.54, 1.807) is 0 Å². The Kier molecular flexibility index (Phi) is 4.64. The van der Waals surface area contributed by atoms with E-state index >= 15 is 0 Å². The lowest BCUT2D eigenvalue weighted by Gasteiger charge is -2.11. The molecule has 110 valence electrons. The van der Waals surface area contributed by atoms with Crippen LogP contribution in [0.3, 0.4) is 0 Å². The number of hydrogen-bond acceptors (Lipinski definition) is 6. The van der Waals surface area contributed by atoms with Gasteiger partial charge in [-0.15, -0.1) is 5.10 Å². The highest BCUT2D eigenvalue weighted by Crippen LogP contribution is 2.19. The van der Waals surface area contributed by atoms with Gasteiger partial charge in [0.25, 0.3) is 5.91 Å². The maximum Gasteiger partial charge on any atom is 0.332 e. The number of nitrogens with zero attached hydrogens (tertiary/aromatic N) is 3. The molecule has 0 aromatic carbocycles. The smallest absolute Gasteiger partial charge is 0.332 e. The first-order valence-electron chi connectivity index (χ1n) is 6.37. The Balaban J connectivity index is 1.79. The summed E-state index contributed by atoms with van der Waals surface area (Å²) >= 11 is 0. The van der Waals surface area contributed by atoms with Gasteiger partial charge >= 0.3 is 5.97 Å². The highest BCUT2D eigenvalue weighted by molar-refractivity contribution is 5.91. The van der Waals surface area contributed by atoms with Crippen molar-refractivity contribution in [3.8, 4) is 0 Å². The average Bonchev–Trinajstić information content (AvgIpc) is 3.05. The molecule has 4 N–H and O–H groups in total. The lowest BCUT2D eigenvalue weighted by molar-refractivity contribution is -0.149. The van der Waals surface area contributed by atoms with Gasteiger partial charge in [0.2, 0.25) is 0 Å². The maximum absolute atomic E-state index is 11.8. The number of hydrogen-bond donors (Lipinski definition) is 3. The lowest BCUT2D eigenvalue weighted by atomic mass is 10.2. The number of carbonyl (C=O) groups is 2. The predicted octanol–water partition coefficient (Wildman–Crippen LogP) is -1.40. The Labute approximate surface area is 115 Å². The van der Waals surface area contributed by atoms with E-state index in [1.165, 1.54) is 10.9 Å². The first kappa shape index (κ1) is 14.4. The van der Waals surface area contributed by atoms with Gasteiger partial charge in [0, 0.05) is 13.1 Å². The van der Waals surface area contributed by atoms with Crippen LogP contribution in [0.1, 0.15) is 23.3 Å². The number of nitrogens with two attached hydrogens (primary N) is 1. The number of aliphatic carboxylic acids is 1. The standard InChI is InChI=1S/C11H17N5O4/c12-3-4-16-6-8(14-15-16)10(17)13-5-7-1-2-9(20-7)11(18)19/h6-7,9H,1-5,12H2,(H,13,17)(H,18,19). The molecule has 20 heavy (non-hydrogen) atoms. The van der Waals surface area contributed by atoms with Crippen LogP contribution in [0.2, 0.25) is 0 Å². The van der Waals surface area contributed by atoms with Crippen LogP contribution in [0.4, 0.5) is 0 Å². The molecule has 0 aliphatic carbocycles. The molecule has 2 unspecified atom stereocenters. The van der Waals surface area contributed by atoms with E-state index in [0.29, 0.717) is 25.9 Å². The van der Waals surface area contributed by atoms with Crippen molar-refractivity contribution in [3.63, 3.8) is 0 Å². The molecule has 1 amide bonds. The van der Waals surface area contributed by atoms with Crippen molar-refractivity contribution < 1.29 is 19.4 Å². The normalized spacial score (nSPS) is 21.9. The number of aromatic nitrogens is 3. The summed E-state index contributed by atoms with van der Waals surface area (Å²) < 4.78 is 6.77. The molecule has 2 rings (SSSR count). The van der Waals surface area contributed by atoms with Gasteiger partial charge in [-0.05, 0) is 12.8 Å². The van der Waals surface area contributed by atoms with E-state index in [9.17, 15) is 9.59 Å². The molecule has 0 bridgehead atoms. The van der Waals surface area contributed by atoms with Gasteiger partial charge in [0.05, 0.1) is 18.8 Å². The summed E-state index contributed by atoms with van der Waals surface area (Å²) in [5, 5.41) is 18.9. The molecule has 1 aliphatic heterocycles. The number of ether oxygens (including phenoxy) is 1. The topological polar surface area (TPSA) is 132 Å². The number of rotatable bonds is 6. The minimum atomic E-state index is -0.969. The van der Waals surface area contributed by atoms with E-state index in [0.717, 1.165) is 0 Å². The van der Waals surface area contributed by atoms with Crippen molar-refractivity contribution in [1.82, 2.24) is 20.3 Å². The molecule has 2 heterocycles. The summed E-state index contributed by atoms with van der Waals surface area (Å²) in [6.45, 7) is 1.16. The quantitative estimate of drug-likeness (QED) is 0.584. The Morgan fingerprint density at radius 1 is 1.55 bits per heavy atom. The summed E-state index contributed by atoms with van der Waals surface area (Å²) in [5.74, 6) is -1.33. The minimum absolute atomic E-state index is 0.200. The molecule has 9 heteroatoms. The predicted molar refractivity (Wildman–Crippen MR) is 66.9 cm³/mol. The van der Waals surface area contributed by atoms with Gasteiger partial charge in [-0.1, -0.05) is 5.21 Å². The van der Waals surface area contributed by atoms with Gasteiger partial charge in [-0.2, -0.15) is 0 Å². The molecule has 1 aromatic heterocycles. The third-order valence-electron chi connectivity index (χ3n) is 3.00. The lowest BCUT2D eigenvalue weighted by Crippen LogP contribution is -2.33. The third kappa shape index (κ3) is 3.52. The second kappa shape index (κ2) is 6.44. The SMILES string of the molecule is NCCn1cc(C(=O)NCC2CCC(C(=O)O)O2)nn1. The summed E-state index contributed by atoms with van der Waals surface area (Å²) in [5.41, 5.74) is 5.57. The number of carbonyl (C=O) groups excluding carboxylic acids is 1. The number of amides is 1. The molecule has 1 fully saturated rings. The average molecular weight is 283 g/mol. The van der Waals surface area contributed by atoms with Crippen LogP contribution in [0, 0.1) is 0 Å². The van der Waals surface area contributed by atoms with E-state index in [1.807, 2.05) is 0 Å². The number of carboxylic acids is 1. The maximum atomic E-state index is 11.8. The Morgan fingerprint density at radius 2 is 2.35 bits per heavy atom. The molecule has 0 saturated carbocycles. The second-order valence-corrected chi connectivity index (χ2v) is 4.53. The largest absolute Gasteiger partial charge is 0.479 e. The zero-order valence-electron chi connectivity index (χ0n) is 10.9. The second-order valence-electron chi connectivity index (χ2n) is 4.53. The van der Waals surface area contributed by atoms with Crippen LogP contribution in [0.15, 0.2) is 6.20 Å². The molecule has 1 aliphatic rings. The van der Waals surface area contributed by atoms with E-state index in [2.05, 4.69) is 15.6 Å². The van der Waals surface area contributed by atoms with Crippen LogP contribution in [-0.4, -0.2) is 57.3 Å². The van der Waals surface area contributed by atoms with E-state index < -0.39 is 12.1 Å². The number of nitrogens with one attached hydrogen (secondary N) is 1. The Morgan fingerprint density at radius 3 is 3.00 bits per heavy atom. The van der Waals surface area contributed by atoms with E-state index in [-0.39, 0.29) is 24.2 Å². The minimum Gasteiger partial charge on any atom is -0.479 e. The van der Waals surface area contributed by atoms with E-state index in [4.69, 9.17) is 15.6 Å². The fourth-order valence-corrected chi connectivity index (χ4v) is 1.98. The van der Waals surface area contributed by atoms with Crippen LogP contribution in [-0.2, 0) is 16.1 Å². The van der Waals surface area contributed by atoms with Crippen molar-refractivity contribution >= 4 is 11.9 Å². The molecule has 1 saturated heterocycles. The molecule has 0 radical (unpaired) electrons. The highest BCUT2D eigenvalue weighted by Gasteiger charge is 2.30. The summed E-state index contributed by atoms with van der Waals surface area (Å²) in [6, 6.07) is 0. The molecule has 0 spiro atoms. The molecular formula is C11H17N5O4. The summed E-state index contributed by atoms with van der Waals surface area (Å²) in [6.07, 6.45) is 1.53. The van der Waals surface area contributed by atoms with Crippen molar-refractivity contribution in [2.75, 3.05) is 13.1 Å². The molecule has 9 nitrogen and oxygen atoms in total. The first-order valence-corrected chi connectivity index (χ1v) is 6.37. The van der Waals surface area contributed by atoms with Crippen molar-refractivity contribution in [2.45, 2.75) is 31.6 Å². The monoisotopic (exact) mass is 283 g/mol. The Bertz CT molecular complexity index is 489. The Hall–Kier alpha value is -2.00. The van der Waals surface area contributed by atoms with Gasteiger partial charge in [0.1, 0.15) is 0 Å². The van der Waals surface area contributed by atoms with Gasteiger partial charge in [-0.25, -0.2) is 4.79 Å². The van der Waals surface area contributed by atoms with Crippen molar-refractivity contribution in [3.05, 3.63) is 11.9 Å².